The summed E-state index contributed by atoms with van der Waals surface area (Å²) in [5.41, 5.74) is -2.27. The second-order valence-electron chi connectivity index (χ2n) is 10.4. The van der Waals surface area contributed by atoms with Crippen LogP contribution in [0.4, 0.5) is 35.9 Å². The maximum Gasteiger partial charge on any atom is 0.417 e. The number of amides is 3. The number of ether oxygens (including phenoxy) is 1. The Morgan fingerprint density at radius 1 is 0.955 bits per heavy atom. The molecule has 0 radical (unpaired) electrons. The first-order chi connectivity index (χ1) is 20.5. The van der Waals surface area contributed by atoms with E-state index in [1.165, 1.54) is 19.9 Å². The van der Waals surface area contributed by atoms with E-state index in [4.69, 9.17) is 4.74 Å². The molecule has 0 spiro atoms. The van der Waals surface area contributed by atoms with Crippen molar-refractivity contribution in [3.63, 3.8) is 0 Å². The zero-order chi connectivity index (χ0) is 32.6. The minimum Gasteiger partial charge on any atom is -0.465 e. The van der Waals surface area contributed by atoms with Crippen molar-refractivity contribution in [3.8, 4) is 11.1 Å². The van der Waals surface area contributed by atoms with E-state index in [2.05, 4.69) is 0 Å². The van der Waals surface area contributed by atoms with Gasteiger partial charge in [0.25, 0.3) is 0 Å². The molecule has 1 N–H and O–H groups in total. The number of hydrogen-bond donors (Lipinski definition) is 1. The van der Waals surface area contributed by atoms with Gasteiger partial charge in [0.1, 0.15) is 6.10 Å². The number of imide groups is 1. The lowest BCUT2D eigenvalue weighted by Gasteiger charge is -2.24. The second-order valence-corrected chi connectivity index (χ2v) is 10.4. The molecule has 3 amide bonds. The van der Waals surface area contributed by atoms with Gasteiger partial charge in [0, 0.05) is 13.1 Å². The van der Waals surface area contributed by atoms with Crippen LogP contribution in [0.15, 0.2) is 66.7 Å². The van der Waals surface area contributed by atoms with E-state index in [9.17, 15) is 45.8 Å². The van der Waals surface area contributed by atoms with Crippen molar-refractivity contribution in [3.05, 3.63) is 94.5 Å². The van der Waals surface area contributed by atoms with Gasteiger partial charge in [-0.1, -0.05) is 42.5 Å². The maximum absolute atomic E-state index is 14.1. The Hall–Kier alpha value is -4.55. The van der Waals surface area contributed by atoms with Crippen LogP contribution in [-0.4, -0.2) is 45.6 Å². The molecule has 0 saturated carbocycles. The number of carbonyl (C=O) groups is 3. The molecule has 4 rings (SSSR count). The van der Waals surface area contributed by atoms with Gasteiger partial charge in [0.05, 0.1) is 23.1 Å². The number of rotatable bonds is 7. The zero-order valence-corrected chi connectivity index (χ0v) is 23.7. The first-order valence-electron chi connectivity index (χ1n) is 13.5. The third-order valence-corrected chi connectivity index (χ3v) is 7.55. The number of benzene rings is 3. The number of alkyl halides is 6. The van der Waals surface area contributed by atoms with Gasteiger partial charge in [-0.25, -0.2) is 14.5 Å². The highest BCUT2D eigenvalue weighted by Crippen LogP contribution is 2.40. The van der Waals surface area contributed by atoms with E-state index in [-0.39, 0.29) is 28.8 Å². The topological polar surface area (TPSA) is 87.2 Å². The summed E-state index contributed by atoms with van der Waals surface area (Å²) < 4.78 is 88.3. The van der Waals surface area contributed by atoms with Crippen molar-refractivity contribution < 1.29 is 50.6 Å². The zero-order valence-electron chi connectivity index (χ0n) is 23.7. The molecule has 0 unspecified atom stereocenters. The van der Waals surface area contributed by atoms with E-state index in [1.807, 2.05) is 0 Å². The summed E-state index contributed by atoms with van der Waals surface area (Å²) in [5, 5.41) is 9.47. The third kappa shape index (κ3) is 6.66. The number of carbonyl (C=O) groups excluding carboxylic acids is 2. The lowest BCUT2D eigenvalue weighted by atomic mass is 9.90. The highest BCUT2D eigenvalue weighted by Gasteiger charge is 2.45. The summed E-state index contributed by atoms with van der Waals surface area (Å²) in [6.45, 7) is 3.71. The summed E-state index contributed by atoms with van der Waals surface area (Å²) in [4.78, 5) is 39.6. The Labute approximate surface area is 248 Å². The highest BCUT2D eigenvalue weighted by atomic mass is 19.4. The largest absolute Gasteiger partial charge is 0.465 e. The number of hydrogen-bond acceptors (Lipinski definition) is 4. The van der Waals surface area contributed by atoms with Crippen molar-refractivity contribution in [1.82, 2.24) is 9.80 Å². The molecule has 1 aliphatic rings. The first-order valence-corrected chi connectivity index (χ1v) is 13.5. The second kappa shape index (κ2) is 12.2. The molecule has 0 aromatic heterocycles. The lowest BCUT2D eigenvalue weighted by Crippen LogP contribution is -2.40. The van der Waals surface area contributed by atoms with E-state index in [0.29, 0.717) is 17.7 Å². The Morgan fingerprint density at radius 3 is 2.16 bits per heavy atom. The van der Waals surface area contributed by atoms with E-state index < -0.39 is 66.2 Å². The SMILES string of the molecule is CCN(Cc1cc(C(F)(F)F)ccc1-c1cc([C@H](C)C(=O)N2C(=O)O[C@@H](c3ccccc3)[C@H]2C)cc(C(F)(F)F)c1)C(=O)O. The molecule has 0 aliphatic carbocycles. The quantitative estimate of drug-likeness (QED) is 0.269. The molecule has 13 heteroatoms. The molecule has 7 nitrogen and oxygen atoms in total. The number of carboxylic acid groups (broad SMARTS) is 1. The Kier molecular flexibility index (Phi) is 8.98. The van der Waals surface area contributed by atoms with E-state index >= 15 is 0 Å². The van der Waals surface area contributed by atoms with Gasteiger partial charge in [0.2, 0.25) is 5.91 Å². The van der Waals surface area contributed by atoms with Crippen LogP contribution >= 0.6 is 0 Å². The highest BCUT2D eigenvalue weighted by molar-refractivity contribution is 5.97. The standard InChI is InChI=1S/C31H28F6N2O5/c1-4-38(28(41)42)16-22-15-23(30(32,33)34)10-11-25(22)21-12-20(13-24(14-21)31(35,36)37)17(2)27(40)39-18(3)26(44-29(39)43)19-8-6-5-7-9-19/h5-15,17-18,26H,4,16H2,1-3H3,(H,41,42)/t17-,18+,26+/m0/s1. The fourth-order valence-electron chi connectivity index (χ4n) is 5.12. The van der Waals surface area contributed by atoms with Crippen molar-refractivity contribution in [1.29, 1.82) is 0 Å². The summed E-state index contributed by atoms with van der Waals surface area (Å²) >= 11 is 0. The van der Waals surface area contributed by atoms with Crippen LogP contribution < -0.4 is 0 Å². The van der Waals surface area contributed by atoms with Crippen molar-refractivity contribution in [2.45, 2.75) is 57.7 Å². The maximum atomic E-state index is 14.1. The van der Waals surface area contributed by atoms with E-state index in [0.717, 1.165) is 28.0 Å². The van der Waals surface area contributed by atoms with E-state index in [1.54, 1.807) is 37.3 Å². The summed E-state index contributed by atoms with van der Waals surface area (Å²) in [6, 6.07) is 12.9. The summed E-state index contributed by atoms with van der Waals surface area (Å²) in [5.74, 6) is -2.13. The van der Waals surface area contributed by atoms with Crippen molar-refractivity contribution in [2.24, 2.45) is 0 Å². The normalized spacial score (nSPS) is 17.8. The molecule has 3 aromatic carbocycles. The molecule has 1 fully saturated rings. The molecule has 1 heterocycles. The Bertz CT molecular complexity index is 1560. The van der Waals surface area contributed by atoms with Gasteiger partial charge >= 0.3 is 24.5 Å². The van der Waals surface area contributed by atoms with Crippen molar-refractivity contribution >= 4 is 18.1 Å². The average Bonchev–Trinajstić information content (AvgIpc) is 3.27. The molecule has 1 saturated heterocycles. The van der Waals surface area contributed by atoms with Gasteiger partial charge in [0.15, 0.2) is 0 Å². The molecule has 3 aromatic rings. The smallest absolute Gasteiger partial charge is 0.417 e. The number of halogens is 6. The van der Waals surface area contributed by atoms with Crippen LogP contribution in [0.3, 0.4) is 0 Å². The monoisotopic (exact) mass is 622 g/mol. The van der Waals surface area contributed by atoms with Crippen LogP contribution in [-0.2, 0) is 28.4 Å². The van der Waals surface area contributed by atoms with Crippen LogP contribution in [0.2, 0.25) is 0 Å². The van der Waals surface area contributed by atoms with Gasteiger partial charge in [-0.3, -0.25) is 4.79 Å². The average molecular weight is 623 g/mol. The lowest BCUT2D eigenvalue weighted by molar-refractivity contribution is -0.138. The molecular weight excluding hydrogens is 594 g/mol. The minimum atomic E-state index is -4.91. The summed E-state index contributed by atoms with van der Waals surface area (Å²) in [6.07, 6.45) is -12.9. The van der Waals surface area contributed by atoms with Gasteiger partial charge < -0.3 is 14.7 Å². The van der Waals surface area contributed by atoms with Crippen LogP contribution in [0.5, 0.6) is 0 Å². The molecule has 234 valence electrons. The van der Waals surface area contributed by atoms with Crippen LogP contribution in [0.25, 0.3) is 11.1 Å². The third-order valence-electron chi connectivity index (χ3n) is 7.55. The van der Waals surface area contributed by atoms with Crippen molar-refractivity contribution in [2.75, 3.05) is 6.54 Å². The predicted octanol–water partition coefficient (Wildman–Crippen LogP) is 8.10. The fourth-order valence-corrected chi connectivity index (χ4v) is 5.12. The Balaban J connectivity index is 1.79. The predicted molar refractivity (Wildman–Crippen MR) is 146 cm³/mol. The minimum absolute atomic E-state index is 0.0807. The summed E-state index contributed by atoms with van der Waals surface area (Å²) in [7, 11) is 0. The fraction of sp³-hybridized carbons (Fsp3) is 0.323. The molecule has 44 heavy (non-hydrogen) atoms. The van der Waals surface area contributed by atoms with Gasteiger partial charge in [-0.15, -0.1) is 0 Å². The first kappa shape index (κ1) is 32.4. The van der Waals surface area contributed by atoms with Gasteiger partial charge in [-0.05, 0) is 72.9 Å². The van der Waals surface area contributed by atoms with Crippen LogP contribution in [0, 0.1) is 0 Å². The van der Waals surface area contributed by atoms with Crippen LogP contribution in [0.1, 0.15) is 60.6 Å². The number of cyclic esters (lactones) is 1. The molecule has 0 bridgehead atoms. The molecule has 1 aliphatic heterocycles. The van der Waals surface area contributed by atoms with Gasteiger partial charge in [-0.2, -0.15) is 26.3 Å². The molecular formula is C31H28F6N2O5. The Morgan fingerprint density at radius 2 is 1.59 bits per heavy atom. The molecule has 3 atom stereocenters. The number of nitrogens with zero attached hydrogens (tertiary/aromatic N) is 2.